The third kappa shape index (κ3) is 4.24. The van der Waals surface area contributed by atoms with Gasteiger partial charge in [-0.3, -0.25) is 4.79 Å². The van der Waals surface area contributed by atoms with Crippen LogP contribution in [0.2, 0.25) is 0 Å². The van der Waals surface area contributed by atoms with Crippen LogP contribution in [-0.2, 0) is 14.8 Å². The molecule has 0 bridgehead atoms. The number of carbonyl (C=O) groups excluding carboxylic acids is 1. The Bertz CT molecular complexity index is 882. The molecule has 1 atom stereocenters. The van der Waals surface area contributed by atoms with Gasteiger partial charge in [-0.1, -0.05) is 24.3 Å². The topological polar surface area (TPSA) is 70.9 Å². The number of rotatable bonds is 5. The monoisotopic (exact) mass is 408 g/mol. The Balaban J connectivity index is 1.61. The molecule has 1 fully saturated rings. The van der Waals surface area contributed by atoms with Crippen molar-refractivity contribution in [3.05, 3.63) is 46.8 Å². The number of benzene rings is 1. The fraction of sp³-hybridized carbons (Fsp3) is 0.421. The third-order valence-electron chi connectivity index (χ3n) is 5.19. The van der Waals surface area contributed by atoms with Gasteiger partial charge >= 0.3 is 0 Å². The van der Waals surface area contributed by atoms with Gasteiger partial charge in [-0.05, 0) is 43.3 Å². The van der Waals surface area contributed by atoms with Crippen LogP contribution < -0.4 is 10.2 Å². The minimum Gasteiger partial charge on any atom is -0.323 e. The molecule has 1 aliphatic rings. The first-order chi connectivity index (χ1) is 12.8. The number of quaternary nitrogens is 1. The molecule has 0 unspecified atom stereocenters. The molecule has 1 aromatic carbocycles. The quantitative estimate of drug-likeness (QED) is 0.783. The lowest BCUT2D eigenvalue weighted by atomic mass is 10.1. The van der Waals surface area contributed by atoms with Crippen molar-refractivity contribution in [2.45, 2.75) is 31.0 Å². The standard InChI is InChI=1S/C19H25N3O3S2/c1-14-6-4-7-15(2)18(14)20-19(23)16(3)21-9-11-22(12-10-21)27(24,25)17-8-5-13-26-17/h4-8,13,16H,9-12H2,1-3H3,(H,20,23)/p+1/t16-/m1/s1. The van der Waals surface area contributed by atoms with Gasteiger partial charge in [0, 0.05) is 5.69 Å². The van der Waals surface area contributed by atoms with E-state index in [9.17, 15) is 13.2 Å². The first-order valence-electron chi connectivity index (χ1n) is 9.06. The van der Waals surface area contributed by atoms with Crippen molar-refractivity contribution in [3.8, 4) is 0 Å². The first kappa shape index (κ1) is 20.0. The molecule has 8 heteroatoms. The van der Waals surface area contributed by atoms with Gasteiger partial charge < -0.3 is 10.2 Å². The minimum absolute atomic E-state index is 0.0306. The molecule has 2 aromatic rings. The zero-order valence-electron chi connectivity index (χ0n) is 15.9. The lowest BCUT2D eigenvalue weighted by molar-refractivity contribution is -0.917. The SMILES string of the molecule is Cc1cccc(C)c1NC(=O)[C@@H](C)[NH+]1CCN(S(=O)(=O)c2cccs2)CC1. The molecule has 0 spiro atoms. The number of sulfonamides is 1. The normalized spacial score (nSPS) is 17.6. The van der Waals surface area contributed by atoms with Gasteiger partial charge in [0.1, 0.15) is 4.21 Å². The molecule has 1 amide bonds. The number of nitrogens with one attached hydrogen (secondary N) is 2. The second-order valence-corrected chi connectivity index (χ2v) is 10.1. The number of hydrogen-bond donors (Lipinski definition) is 2. The number of anilines is 1. The first-order valence-corrected chi connectivity index (χ1v) is 11.4. The van der Waals surface area contributed by atoms with E-state index in [-0.39, 0.29) is 11.9 Å². The van der Waals surface area contributed by atoms with Crippen LogP contribution in [0.3, 0.4) is 0 Å². The maximum atomic E-state index is 12.7. The molecule has 6 nitrogen and oxygen atoms in total. The number of thiophene rings is 1. The van der Waals surface area contributed by atoms with Crippen molar-refractivity contribution in [2.24, 2.45) is 0 Å². The number of para-hydroxylation sites is 1. The molecule has 2 heterocycles. The molecule has 146 valence electrons. The molecule has 0 aliphatic carbocycles. The zero-order chi connectivity index (χ0) is 19.6. The Kier molecular flexibility index (Phi) is 6.00. The molecular formula is C19H26N3O3S2+. The highest BCUT2D eigenvalue weighted by molar-refractivity contribution is 7.91. The number of aryl methyl sites for hydroxylation is 2. The van der Waals surface area contributed by atoms with E-state index in [1.165, 1.54) is 15.6 Å². The van der Waals surface area contributed by atoms with E-state index in [0.29, 0.717) is 30.4 Å². The maximum absolute atomic E-state index is 12.7. The molecule has 1 aromatic heterocycles. The van der Waals surface area contributed by atoms with Crippen LogP contribution >= 0.6 is 11.3 Å². The Hall–Kier alpha value is -1.74. The number of carbonyl (C=O) groups is 1. The fourth-order valence-electron chi connectivity index (χ4n) is 3.41. The van der Waals surface area contributed by atoms with Crippen LogP contribution in [0.5, 0.6) is 0 Å². The smallest absolute Gasteiger partial charge is 0.282 e. The summed E-state index contributed by atoms with van der Waals surface area (Å²) < 4.78 is 27.2. The van der Waals surface area contributed by atoms with Crippen molar-refractivity contribution >= 4 is 33.0 Å². The van der Waals surface area contributed by atoms with Crippen LogP contribution in [0.15, 0.2) is 39.9 Å². The van der Waals surface area contributed by atoms with Crippen LogP contribution in [0, 0.1) is 13.8 Å². The van der Waals surface area contributed by atoms with E-state index in [2.05, 4.69) is 5.32 Å². The molecule has 2 N–H and O–H groups in total. The summed E-state index contributed by atoms with van der Waals surface area (Å²) in [6, 6.07) is 9.08. The van der Waals surface area contributed by atoms with Gasteiger partial charge in [-0.25, -0.2) is 8.42 Å². The predicted octanol–water partition coefficient (Wildman–Crippen LogP) is 1.28. The van der Waals surface area contributed by atoms with E-state index in [4.69, 9.17) is 0 Å². The number of piperazine rings is 1. The average Bonchev–Trinajstić information content (AvgIpc) is 3.20. The van der Waals surface area contributed by atoms with Gasteiger partial charge in [0.15, 0.2) is 6.04 Å². The van der Waals surface area contributed by atoms with Crippen molar-refractivity contribution in [1.29, 1.82) is 0 Å². The van der Waals surface area contributed by atoms with Gasteiger partial charge in [0.2, 0.25) is 0 Å². The second-order valence-electron chi connectivity index (χ2n) is 6.97. The summed E-state index contributed by atoms with van der Waals surface area (Å²) in [5.74, 6) is -0.0306. The van der Waals surface area contributed by atoms with Crippen LogP contribution in [0.25, 0.3) is 0 Å². The van der Waals surface area contributed by atoms with Crippen LogP contribution in [0.1, 0.15) is 18.1 Å². The van der Waals surface area contributed by atoms with Crippen LogP contribution in [0.4, 0.5) is 5.69 Å². The lowest BCUT2D eigenvalue weighted by Crippen LogP contribution is -3.19. The van der Waals surface area contributed by atoms with Gasteiger partial charge in [-0.2, -0.15) is 4.31 Å². The van der Waals surface area contributed by atoms with E-state index < -0.39 is 10.0 Å². The molecule has 3 rings (SSSR count). The summed E-state index contributed by atoms with van der Waals surface area (Å²) in [7, 11) is -3.41. The Morgan fingerprint density at radius 1 is 1.15 bits per heavy atom. The molecule has 1 aliphatic heterocycles. The van der Waals surface area contributed by atoms with Gasteiger partial charge in [0.25, 0.3) is 15.9 Å². The van der Waals surface area contributed by atoms with E-state index >= 15 is 0 Å². The second kappa shape index (κ2) is 8.10. The van der Waals surface area contributed by atoms with E-state index in [1.807, 2.05) is 39.0 Å². The summed E-state index contributed by atoms with van der Waals surface area (Å²) in [6.07, 6.45) is 0. The van der Waals surface area contributed by atoms with Crippen molar-refractivity contribution < 1.29 is 18.1 Å². The molecule has 0 radical (unpaired) electrons. The van der Waals surface area contributed by atoms with E-state index in [1.54, 1.807) is 17.5 Å². The average molecular weight is 409 g/mol. The van der Waals surface area contributed by atoms with Crippen molar-refractivity contribution in [3.63, 3.8) is 0 Å². The highest BCUT2D eigenvalue weighted by atomic mass is 32.2. The van der Waals surface area contributed by atoms with Gasteiger partial charge in [-0.15, -0.1) is 11.3 Å². The Morgan fingerprint density at radius 3 is 2.33 bits per heavy atom. The lowest BCUT2D eigenvalue weighted by Gasteiger charge is -2.34. The summed E-state index contributed by atoms with van der Waals surface area (Å²) in [5, 5.41) is 4.82. The summed E-state index contributed by atoms with van der Waals surface area (Å²) in [6.45, 7) is 7.95. The Morgan fingerprint density at radius 2 is 1.78 bits per heavy atom. The Labute approximate surface area is 164 Å². The summed E-state index contributed by atoms with van der Waals surface area (Å²) in [4.78, 5) is 13.8. The largest absolute Gasteiger partial charge is 0.323 e. The summed E-state index contributed by atoms with van der Waals surface area (Å²) in [5.41, 5.74) is 2.95. The molecule has 1 saturated heterocycles. The molecular weight excluding hydrogens is 382 g/mol. The van der Waals surface area contributed by atoms with E-state index in [0.717, 1.165) is 21.7 Å². The van der Waals surface area contributed by atoms with Gasteiger partial charge in [0.05, 0.1) is 26.2 Å². The minimum atomic E-state index is -3.41. The highest BCUT2D eigenvalue weighted by Crippen LogP contribution is 2.21. The third-order valence-corrected chi connectivity index (χ3v) is 8.46. The zero-order valence-corrected chi connectivity index (χ0v) is 17.5. The van der Waals surface area contributed by atoms with Crippen molar-refractivity contribution in [2.75, 3.05) is 31.5 Å². The molecule has 0 saturated carbocycles. The summed E-state index contributed by atoms with van der Waals surface area (Å²) >= 11 is 1.24. The predicted molar refractivity (Wildman–Crippen MR) is 108 cm³/mol. The maximum Gasteiger partial charge on any atom is 0.282 e. The van der Waals surface area contributed by atoms with Crippen LogP contribution in [-0.4, -0.2) is 50.9 Å². The fourth-order valence-corrected chi connectivity index (χ4v) is 6.00. The molecule has 27 heavy (non-hydrogen) atoms. The number of nitrogens with zero attached hydrogens (tertiary/aromatic N) is 1. The van der Waals surface area contributed by atoms with Crippen molar-refractivity contribution in [1.82, 2.24) is 4.31 Å². The highest BCUT2D eigenvalue weighted by Gasteiger charge is 2.34. The number of amides is 1. The number of hydrogen-bond acceptors (Lipinski definition) is 4.